The van der Waals surface area contributed by atoms with Crippen LogP contribution in [0.25, 0.3) is 0 Å². The maximum atomic E-state index is 12.0. The number of carbonyl (C=O) groups is 3. The van der Waals surface area contributed by atoms with Gasteiger partial charge in [0.25, 0.3) is 0 Å². The highest BCUT2D eigenvalue weighted by atomic mass is 16.6. The van der Waals surface area contributed by atoms with Gasteiger partial charge in [-0.1, -0.05) is 6.58 Å². The summed E-state index contributed by atoms with van der Waals surface area (Å²) in [5.74, 6) is 0.185. The van der Waals surface area contributed by atoms with Crippen LogP contribution in [-0.4, -0.2) is 28.4 Å². The van der Waals surface area contributed by atoms with Crippen molar-refractivity contribution in [3.63, 3.8) is 0 Å². The van der Waals surface area contributed by atoms with Crippen LogP contribution in [0.3, 0.4) is 0 Å². The van der Waals surface area contributed by atoms with Crippen LogP contribution in [0.2, 0.25) is 0 Å². The molecular formula is C17H20O5. The van der Waals surface area contributed by atoms with Gasteiger partial charge in [0, 0.05) is 17.6 Å². The standard InChI is InChI=1S/C13H18O2.C4H2O3/c1-2-11(14)12-4-9-3-10(5-12)7-13(15,6-9)8-12;5-3-1-2-4(6)7-3/h2,9-10,15H,1,3-8H2;1-2H. The third-order valence-electron chi connectivity index (χ3n) is 5.29. The van der Waals surface area contributed by atoms with Crippen LogP contribution in [0, 0.1) is 17.3 Å². The van der Waals surface area contributed by atoms with Crippen molar-refractivity contribution < 1.29 is 24.2 Å². The Bertz CT molecular complexity index is 544. The molecule has 5 nitrogen and oxygen atoms in total. The molecule has 5 heteroatoms. The average Bonchev–Trinajstić information content (AvgIpc) is 2.79. The molecule has 1 heterocycles. The van der Waals surface area contributed by atoms with Gasteiger partial charge in [-0.3, -0.25) is 4.79 Å². The van der Waals surface area contributed by atoms with Gasteiger partial charge in [0.15, 0.2) is 5.78 Å². The maximum Gasteiger partial charge on any atom is 0.338 e. The molecular weight excluding hydrogens is 284 g/mol. The van der Waals surface area contributed by atoms with Crippen molar-refractivity contribution in [2.24, 2.45) is 17.3 Å². The number of carbonyl (C=O) groups excluding carboxylic acids is 3. The highest BCUT2D eigenvalue weighted by molar-refractivity contribution is 6.04. The molecule has 0 aromatic heterocycles. The fraction of sp³-hybridized carbons (Fsp3) is 0.588. The van der Waals surface area contributed by atoms with Gasteiger partial charge in [-0.2, -0.15) is 0 Å². The first-order valence-electron chi connectivity index (χ1n) is 7.67. The van der Waals surface area contributed by atoms with E-state index >= 15 is 0 Å². The fourth-order valence-corrected chi connectivity index (χ4v) is 5.02. The Hall–Kier alpha value is -1.75. The van der Waals surface area contributed by atoms with Crippen molar-refractivity contribution in [2.75, 3.05) is 0 Å². The quantitative estimate of drug-likeness (QED) is 0.477. The Morgan fingerprint density at radius 1 is 1.18 bits per heavy atom. The molecule has 2 unspecified atom stereocenters. The zero-order valence-electron chi connectivity index (χ0n) is 12.4. The van der Waals surface area contributed by atoms with Crippen molar-refractivity contribution in [1.82, 2.24) is 0 Å². The van der Waals surface area contributed by atoms with Gasteiger partial charge in [0.05, 0.1) is 5.60 Å². The summed E-state index contributed by atoms with van der Waals surface area (Å²) in [5, 5.41) is 10.4. The summed E-state index contributed by atoms with van der Waals surface area (Å²) in [7, 11) is 0. The number of cyclic esters (lactones) is 2. The first-order chi connectivity index (χ1) is 10.3. The van der Waals surface area contributed by atoms with Crippen molar-refractivity contribution in [2.45, 2.75) is 44.1 Å². The summed E-state index contributed by atoms with van der Waals surface area (Å²) in [6, 6.07) is 0. The summed E-state index contributed by atoms with van der Waals surface area (Å²) < 4.78 is 3.97. The van der Waals surface area contributed by atoms with E-state index < -0.39 is 17.5 Å². The SMILES string of the molecule is C=CC(=O)C12CC3CC(CC(O)(C3)C1)C2.O=C1C=CC(=O)O1. The molecule has 0 aromatic rings. The number of esters is 2. The zero-order chi connectivity index (χ0) is 16.0. The lowest BCUT2D eigenvalue weighted by atomic mass is 9.47. The molecule has 5 rings (SSSR count). The molecule has 4 bridgehead atoms. The van der Waals surface area contributed by atoms with E-state index in [1.165, 1.54) is 12.5 Å². The lowest BCUT2D eigenvalue weighted by molar-refractivity contribution is -0.173. The van der Waals surface area contributed by atoms with Crippen LogP contribution in [0.5, 0.6) is 0 Å². The molecule has 1 N–H and O–H groups in total. The van der Waals surface area contributed by atoms with Crippen LogP contribution >= 0.6 is 0 Å². The summed E-state index contributed by atoms with van der Waals surface area (Å²) in [6.45, 7) is 3.61. The average molecular weight is 304 g/mol. The second-order valence-corrected chi connectivity index (χ2v) is 7.11. The molecule has 0 aromatic carbocycles. The third-order valence-corrected chi connectivity index (χ3v) is 5.29. The summed E-state index contributed by atoms with van der Waals surface area (Å²) in [4.78, 5) is 31.8. The molecule has 0 saturated heterocycles. The molecule has 0 spiro atoms. The minimum absolute atomic E-state index is 0.176. The van der Waals surface area contributed by atoms with E-state index in [1.807, 2.05) is 0 Å². The smallest absolute Gasteiger partial charge is 0.338 e. The van der Waals surface area contributed by atoms with E-state index in [-0.39, 0.29) is 11.2 Å². The fourth-order valence-electron chi connectivity index (χ4n) is 5.02. The van der Waals surface area contributed by atoms with Gasteiger partial charge in [-0.05, 0) is 56.4 Å². The van der Waals surface area contributed by atoms with Gasteiger partial charge in [-0.15, -0.1) is 0 Å². The number of hydrogen-bond donors (Lipinski definition) is 1. The summed E-state index contributed by atoms with van der Waals surface area (Å²) in [5.41, 5.74) is -0.761. The van der Waals surface area contributed by atoms with Gasteiger partial charge in [0.2, 0.25) is 0 Å². The van der Waals surface area contributed by atoms with E-state index in [0.717, 1.165) is 37.8 Å². The predicted molar refractivity (Wildman–Crippen MR) is 77.5 cm³/mol. The molecule has 5 aliphatic rings. The molecule has 0 amide bonds. The number of allylic oxidation sites excluding steroid dienone is 1. The van der Waals surface area contributed by atoms with E-state index in [1.54, 1.807) is 0 Å². The van der Waals surface area contributed by atoms with Crippen molar-refractivity contribution in [3.8, 4) is 0 Å². The number of ether oxygens (including phenoxy) is 1. The zero-order valence-corrected chi connectivity index (χ0v) is 12.4. The maximum absolute atomic E-state index is 12.0. The largest absolute Gasteiger partial charge is 0.390 e. The highest BCUT2D eigenvalue weighted by Gasteiger charge is 2.59. The molecule has 1 aliphatic heterocycles. The molecule has 0 radical (unpaired) electrons. The first kappa shape index (κ1) is 15.2. The summed E-state index contributed by atoms with van der Waals surface area (Å²) >= 11 is 0. The molecule has 4 aliphatic carbocycles. The van der Waals surface area contributed by atoms with Crippen molar-refractivity contribution in [1.29, 1.82) is 0 Å². The van der Waals surface area contributed by atoms with Crippen LogP contribution in [0.1, 0.15) is 38.5 Å². The topological polar surface area (TPSA) is 80.7 Å². The lowest BCUT2D eigenvalue weighted by Crippen LogP contribution is -2.57. The Balaban J connectivity index is 0.000000174. The predicted octanol–water partition coefficient (Wildman–Crippen LogP) is 1.70. The van der Waals surface area contributed by atoms with Crippen LogP contribution in [0.15, 0.2) is 24.8 Å². The summed E-state index contributed by atoms with van der Waals surface area (Å²) in [6.07, 6.45) is 9.41. The van der Waals surface area contributed by atoms with Crippen LogP contribution in [-0.2, 0) is 19.1 Å². The molecule has 118 valence electrons. The molecule has 22 heavy (non-hydrogen) atoms. The molecule has 4 saturated carbocycles. The van der Waals surface area contributed by atoms with Crippen LogP contribution < -0.4 is 0 Å². The number of hydrogen-bond acceptors (Lipinski definition) is 5. The molecule has 4 fully saturated rings. The monoisotopic (exact) mass is 304 g/mol. The van der Waals surface area contributed by atoms with Gasteiger partial charge >= 0.3 is 11.9 Å². The van der Waals surface area contributed by atoms with Gasteiger partial charge < -0.3 is 9.84 Å². The van der Waals surface area contributed by atoms with Gasteiger partial charge in [0.1, 0.15) is 0 Å². The van der Waals surface area contributed by atoms with Crippen LogP contribution in [0.4, 0.5) is 0 Å². The van der Waals surface area contributed by atoms with Crippen molar-refractivity contribution >= 4 is 17.7 Å². The second kappa shape index (κ2) is 5.16. The number of rotatable bonds is 2. The number of aliphatic hydroxyl groups is 1. The van der Waals surface area contributed by atoms with Crippen molar-refractivity contribution in [3.05, 3.63) is 24.8 Å². The second-order valence-electron chi connectivity index (χ2n) is 7.11. The lowest BCUT2D eigenvalue weighted by Gasteiger charge is -2.59. The van der Waals surface area contributed by atoms with E-state index in [9.17, 15) is 19.5 Å². The van der Waals surface area contributed by atoms with E-state index in [2.05, 4.69) is 11.3 Å². The minimum Gasteiger partial charge on any atom is -0.390 e. The van der Waals surface area contributed by atoms with E-state index in [4.69, 9.17) is 0 Å². The van der Waals surface area contributed by atoms with E-state index in [0.29, 0.717) is 18.3 Å². The number of ketones is 1. The van der Waals surface area contributed by atoms with Gasteiger partial charge in [-0.25, -0.2) is 9.59 Å². The minimum atomic E-state index is -0.579. The molecule has 2 atom stereocenters. The first-order valence-corrected chi connectivity index (χ1v) is 7.67. The Morgan fingerprint density at radius 3 is 2.09 bits per heavy atom. The Kier molecular flexibility index (Phi) is 3.56. The highest BCUT2D eigenvalue weighted by Crippen LogP contribution is 2.61. The Morgan fingerprint density at radius 2 is 1.73 bits per heavy atom. The third kappa shape index (κ3) is 2.65. The Labute approximate surface area is 129 Å². The normalized spacial score (nSPS) is 41.0.